The van der Waals surface area contributed by atoms with Crippen molar-refractivity contribution in [3.63, 3.8) is 0 Å². The third kappa shape index (κ3) is 3.46. The Bertz CT molecular complexity index is 469. The summed E-state index contributed by atoms with van der Waals surface area (Å²) < 4.78 is 0. The summed E-state index contributed by atoms with van der Waals surface area (Å²) in [6.45, 7) is 2.21. The van der Waals surface area contributed by atoms with E-state index in [2.05, 4.69) is 5.32 Å². The molecule has 1 fully saturated rings. The van der Waals surface area contributed by atoms with Crippen LogP contribution in [0.3, 0.4) is 0 Å². The van der Waals surface area contributed by atoms with E-state index >= 15 is 0 Å². The Kier molecular flexibility index (Phi) is 4.37. The van der Waals surface area contributed by atoms with E-state index in [4.69, 9.17) is 11.0 Å². The summed E-state index contributed by atoms with van der Waals surface area (Å²) in [5.41, 5.74) is 6.93. The van der Waals surface area contributed by atoms with Gasteiger partial charge in [0, 0.05) is 18.8 Å². The summed E-state index contributed by atoms with van der Waals surface area (Å²) in [5, 5.41) is 11.5. The lowest BCUT2D eigenvalue weighted by Crippen LogP contribution is -2.42. The van der Waals surface area contributed by atoms with Crippen LogP contribution < -0.4 is 11.1 Å². The molecule has 0 atom stereocenters. The van der Waals surface area contributed by atoms with Gasteiger partial charge in [-0.05, 0) is 49.6 Å². The summed E-state index contributed by atoms with van der Waals surface area (Å²) in [5.74, 6) is 0.541. The van der Waals surface area contributed by atoms with Crippen LogP contribution in [0.2, 0.25) is 0 Å². The lowest BCUT2D eigenvalue weighted by molar-refractivity contribution is 0.184. The molecule has 1 aromatic carbocycles. The molecule has 0 aromatic heterocycles. The van der Waals surface area contributed by atoms with E-state index in [1.54, 1.807) is 24.3 Å². The van der Waals surface area contributed by atoms with Crippen LogP contribution in [-0.4, -0.2) is 30.6 Å². The number of nitrogens with two attached hydrogens (primary N) is 1. The van der Waals surface area contributed by atoms with Crippen LogP contribution >= 0.6 is 0 Å². The van der Waals surface area contributed by atoms with Crippen LogP contribution in [0.15, 0.2) is 24.3 Å². The Hall–Kier alpha value is -2.06. The number of carbonyl (C=O) groups is 1. The minimum absolute atomic E-state index is 0.0832. The van der Waals surface area contributed by atoms with Gasteiger partial charge < -0.3 is 16.0 Å². The predicted molar refractivity (Wildman–Crippen MR) is 73.5 cm³/mol. The van der Waals surface area contributed by atoms with Crippen molar-refractivity contribution < 1.29 is 4.79 Å². The maximum atomic E-state index is 12.0. The number of benzene rings is 1. The van der Waals surface area contributed by atoms with E-state index in [1.807, 2.05) is 11.0 Å². The van der Waals surface area contributed by atoms with E-state index in [0.29, 0.717) is 23.7 Å². The van der Waals surface area contributed by atoms with E-state index in [0.717, 1.165) is 25.9 Å². The van der Waals surface area contributed by atoms with Gasteiger partial charge in [0.15, 0.2) is 0 Å². The molecule has 5 heteroatoms. The fraction of sp³-hybridized carbons (Fsp3) is 0.429. The Morgan fingerprint density at radius 3 is 2.53 bits per heavy atom. The number of nitrogens with zero attached hydrogens (tertiary/aromatic N) is 2. The van der Waals surface area contributed by atoms with Crippen molar-refractivity contribution >= 4 is 11.7 Å². The first-order valence-electron chi connectivity index (χ1n) is 6.49. The van der Waals surface area contributed by atoms with Crippen LogP contribution in [0.5, 0.6) is 0 Å². The topological polar surface area (TPSA) is 82.2 Å². The van der Waals surface area contributed by atoms with Crippen molar-refractivity contribution in [3.8, 4) is 6.07 Å². The van der Waals surface area contributed by atoms with Crippen molar-refractivity contribution in [2.45, 2.75) is 12.8 Å². The van der Waals surface area contributed by atoms with Gasteiger partial charge in [0.05, 0.1) is 11.6 Å². The summed E-state index contributed by atoms with van der Waals surface area (Å²) in [6, 6.07) is 8.82. The number of carbonyl (C=O) groups excluding carboxylic acids is 1. The molecular weight excluding hydrogens is 240 g/mol. The van der Waals surface area contributed by atoms with Gasteiger partial charge in [-0.3, -0.25) is 0 Å². The van der Waals surface area contributed by atoms with Gasteiger partial charge in [-0.15, -0.1) is 0 Å². The van der Waals surface area contributed by atoms with Crippen LogP contribution in [0.4, 0.5) is 10.5 Å². The van der Waals surface area contributed by atoms with Crippen molar-refractivity contribution in [2.24, 2.45) is 11.7 Å². The number of rotatable bonds is 2. The second-order valence-electron chi connectivity index (χ2n) is 4.79. The fourth-order valence-corrected chi connectivity index (χ4v) is 2.20. The van der Waals surface area contributed by atoms with E-state index in [-0.39, 0.29) is 6.03 Å². The normalized spacial score (nSPS) is 15.9. The molecular formula is C14H18N4O. The van der Waals surface area contributed by atoms with Crippen molar-refractivity contribution in [1.82, 2.24) is 4.90 Å². The van der Waals surface area contributed by atoms with Gasteiger partial charge >= 0.3 is 6.03 Å². The molecule has 0 radical (unpaired) electrons. The summed E-state index contributed by atoms with van der Waals surface area (Å²) in [6.07, 6.45) is 1.94. The van der Waals surface area contributed by atoms with Crippen LogP contribution in [-0.2, 0) is 0 Å². The number of nitrogens with one attached hydrogen (secondary N) is 1. The zero-order valence-corrected chi connectivity index (χ0v) is 10.8. The molecule has 19 heavy (non-hydrogen) atoms. The lowest BCUT2D eigenvalue weighted by Gasteiger charge is -2.31. The molecule has 0 saturated carbocycles. The Balaban J connectivity index is 1.89. The standard InChI is InChI=1S/C14H18N4O/c15-9-11-1-3-13(4-2-11)17-14(19)18-7-5-12(10-16)6-8-18/h1-4,12H,5-8,10,16H2,(H,17,19). The molecule has 0 bridgehead atoms. The average molecular weight is 258 g/mol. The number of piperidine rings is 1. The first kappa shape index (κ1) is 13.4. The smallest absolute Gasteiger partial charge is 0.321 e. The lowest BCUT2D eigenvalue weighted by atomic mass is 9.97. The maximum Gasteiger partial charge on any atom is 0.321 e. The summed E-state index contributed by atoms with van der Waals surface area (Å²) in [4.78, 5) is 13.8. The van der Waals surface area contributed by atoms with Gasteiger partial charge in [0.25, 0.3) is 0 Å². The van der Waals surface area contributed by atoms with Gasteiger partial charge in [-0.25, -0.2) is 4.79 Å². The minimum atomic E-state index is -0.0832. The second kappa shape index (κ2) is 6.21. The molecule has 100 valence electrons. The number of nitriles is 1. The van der Waals surface area contributed by atoms with Gasteiger partial charge in [0.1, 0.15) is 0 Å². The quantitative estimate of drug-likeness (QED) is 0.848. The van der Waals surface area contributed by atoms with Crippen molar-refractivity contribution in [3.05, 3.63) is 29.8 Å². The molecule has 1 aliphatic heterocycles. The number of anilines is 1. The Morgan fingerprint density at radius 2 is 2.00 bits per heavy atom. The monoisotopic (exact) mass is 258 g/mol. The average Bonchev–Trinajstić information content (AvgIpc) is 2.48. The first-order valence-corrected chi connectivity index (χ1v) is 6.49. The predicted octanol–water partition coefficient (Wildman–Crippen LogP) is 1.76. The molecule has 0 spiro atoms. The third-order valence-electron chi connectivity index (χ3n) is 3.50. The maximum absolute atomic E-state index is 12.0. The number of amides is 2. The van der Waals surface area contributed by atoms with Gasteiger partial charge in [-0.1, -0.05) is 0 Å². The molecule has 1 aliphatic rings. The zero-order chi connectivity index (χ0) is 13.7. The largest absolute Gasteiger partial charge is 0.330 e. The summed E-state index contributed by atoms with van der Waals surface area (Å²) in [7, 11) is 0. The van der Waals surface area contributed by atoms with E-state index in [9.17, 15) is 4.79 Å². The Morgan fingerprint density at radius 1 is 1.37 bits per heavy atom. The van der Waals surface area contributed by atoms with Crippen LogP contribution in [0, 0.1) is 17.2 Å². The fourth-order valence-electron chi connectivity index (χ4n) is 2.20. The number of hydrogen-bond acceptors (Lipinski definition) is 3. The molecule has 2 rings (SSSR count). The van der Waals surface area contributed by atoms with Crippen molar-refractivity contribution in [2.75, 3.05) is 25.0 Å². The molecule has 0 unspecified atom stereocenters. The highest BCUT2D eigenvalue weighted by molar-refractivity contribution is 5.89. The minimum Gasteiger partial charge on any atom is -0.330 e. The first-order chi connectivity index (χ1) is 9.22. The highest BCUT2D eigenvalue weighted by atomic mass is 16.2. The van der Waals surface area contributed by atoms with Gasteiger partial charge in [-0.2, -0.15) is 5.26 Å². The van der Waals surface area contributed by atoms with Crippen LogP contribution in [0.25, 0.3) is 0 Å². The number of hydrogen-bond donors (Lipinski definition) is 2. The highest BCUT2D eigenvalue weighted by Gasteiger charge is 2.21. The molecule has 1 heterocycles. The van der Waals surface area contributed by atoms with Crippen molar-refractivity contribution in [1.29, 1.82) is 5.26 Å². The Labute approximate surface area is 113 Å². The summed E-state index contributed by atoms with van der Waals surface area (Å²) >= 11 is 0. The zero-order valence-electron chi connectivity index (χ0n) is 10.8. The second-order valence-corrected chi connectivity index (χ2v) is 4.79. The van der Waals surface area contributed by atoms with E-state index in [1.165, 1.54) is 0 Å². The van der Waals surface area contributed by atoms with E-state index < -0.39 is 0 Å². The molecule has 2 amide bonds. The molecule has 3 N–H and O–H groups in total. The third-order valence-corrected chi connectivity index (χ3v) is 3.50. The molecule has 0 aliphatic carbocycles. The number of likely N-dealkylation sites (tertiary alicyclic amines) is 1. The SMILES string of the molecule is N#Cc1ccc(NC(=O)N2CCC(CN)CC2)cc1. The number of urea groups is 1. The van der Waals surface area contributed by atoms with Gasteiger partial charge in [0.2, 0.25) is 0 Å². The molecule has 5 nitrogen and oxygen atoms in total. The molecule has 1 aromatic rings. The van der Waals surface area contributed by atoms with Crippen LogP contribution in [0.1, 0.15) is 18.4 Å². The highest BCUT2D eigenvalue weighted by Crippen LogP contribution is 2.17. The molecule has 1 saturated heterocycles.